The Hall–Kier alpha value is -0.770. The lowest BCUT2D eigenvalue weighted by atomic mass is 9.92. The lowest BCUT2D eigenvalue weighted by Crippen LogP contribution is -2.45. The van der Waals surface area contributed by atoms with Crippen LogP contribution in [0.4, 0.5) is 0 Å². The average molecular weight is 221 g/mol. The van der Waals surface area contributed by atoms with Gasteiger partial charge in [0, 0.05) is 13.6 Å². The van der Waals surface area contributed by atoms with E-state index >= 15 is 0 Å². The highest BCUT2D eigenvalue weighted by Gasteiger charge is 2.27. The van der Waals surface area contributed by atoms with E-state index in [1.807, 2.05) is 0 Å². The smallest absolute Gasteiger partial charge is 0.237 e. The van der Waals surface area contributed by atoms with Gasteiger partial charge in [-0.25, -0.2) is 0 Å². The third kappa shape index (κ3) is 3.96. The summed E-state index contributed by atoms with van der Waals surface area (Å²) in [7, 11) is 1.57. The van der Waals surface area contributed by atoms with E-state index in [4.69, 9.17) is 11.6 Å². The van der Waals surface area contributed by atoms with Crippen LogP contribution in [0.15, 0.2) is 0 Å². The minimum Gasteiger partial charge on any atom is -0.359 e. The third-order valence-corrected chi connectivity index (χ3v) is 2.11. The van der Waals surface area contributed by atoms with Crippen molar-refractivity contribution in [2.24, 2.45) is 5.41 Å². The van der Waals surface area contributed by atoms with Crippen LogP contribution in [0.5, 0.6) is 0 Å². The predicted octanol–water partition coefficient (Wildman–Crippen LogP) is 0.502. The van der Waals surface area contributed by atoms with Gasteiger partial charge in [-0.15, -0.1) is 11.6 Å². The van der Waals surface area contributed by atoms with Gasteiger partial charge >= 0.3 is 0 Å². The summed E-state index contributed by atoms with van der Waals surface area (Å²) in [4.78, 5) is 22.4. The van der Waals surface area contributed by atoms with E-state index in [9.17, 15) is 9.59 Å². The summed E-state index contributed by atoms with van der Waals surface area (Å²) < 4.78 is 0. The molecule has 0 aromatic rings. The van der Waals surface area contributed by atoms with Crippen molar-refractivity contribution >= 4 is 23.4 Å². The fraction of sp³-hybridized carbons (Fsp3) is 0.778. The molecule has 0 saturated carbocycles. The first-order valence-corrected chi connectivity index (χ1v) is 4.89. The Morgan fingerprint density at radius 1 is 1.43 bits per heavy atom. The largest absolute Gasteiger partial charge is 0.359 e. The molecule has 0 heterocycles. The molecule has 5 heteroatoms. The number of hydrogen-bond acceptors (Lipinski definition) is 2. The van der Waals surface area contributed by atoms with Gasteiger partial charge in [0.15, 0.2) is 0 Å². The zero-order valence-electron chi connectivity index (χ0n) is 8.98. The second-order valence-electron chi connectivity index (χ2n) is 3.80. The maximum Gasteiger partial charge on any atom is 0.237 e. The minimum absolute atomic E-state index is 0.111. The molecule has 0 bridgehead atoms. The highest BCUT2D eigenvalue weighted by molar-refractivity contribution is 6.30. The van der Waals surface area contributed by atoms with Crippen LogP contribution in [0.25, 0.3) is 0 Å². The van der Waals surface area contributed by atoms with E-state index < -0.39 is 10.8 Å². The summed E-state index contributed by atoms with van der Waals surface area (Å²) >= 11 is 5.56. The number of carbonyl (C=O) groups excluding carboxylic acids is 2. The molecule has 0 spiro atoms. The van der Waals surface area contributed by atoms with Crippen LogP contribution in [0.3, 0.4) is 0 Å². The summed E-state index contributed by atoms with van der Waals surface area (Å²) in [5, 5.41) is 4.57. The molecule has 82 valence electrons. The number of carbonyl (C=O) groups is 2. The van der Waals surface area contributed by atoms with Gasteiger partial charge < -0.3 is 10.6 Å². The van der Waals surface area contributed by atoms with Crippen LogP contribution in [-0.4, -0.2) is 30.8 Å². The molecule has 0 fully saturated rings. The Bertz CT molecular complexity index is 227. The summed E-state index contributed by atoms with van der Waals surface area (Å²) in [5.41, 5.74) is -0.615. The quantitative estimate of drug-likeness (QED) is 0.678. The topological polar surface area (TPSA) is 58.2 Å². The van der Waals surface area contributed by atoms with Crippen molar-refractivity contribution in [2.75, 3.05) is 13.6 Å². The summed E-state index contributed by atoms with van der Waals surface area (Å²) in [6.07, 6.45) is 0. The van der Waals surface area contributed by atoms with E-state index in [2.05, 4.69) is 10.6 Å². The molecule has 14 heavy (non-hydrogen) atoms. The zero-order valence-corrected chi connectivity index (χ0v) is 9.73. The van der Waals surface area contributed by atoms with Crippen molar-refractivity contribution in [2.45, 2.75) is 26.1 Å². The van der Waals surface area contributed by atoms with Crippen molar-refractivity contribution < 1.29 is 9.59 Å². The molecule has 0 saturated heterocycles. The van der Waals surface area contributed by atoms with Gasteiger partial charge in [0.05, 0.1) is 5.41 Å². The normalized spacial score (nSPS) is 13.2. The van der Waals surface area contributed by atoms with Crippen LogP contribution in [0.2, 0.25) is 0 Å². The lowest BCUT2D eigenvalue weighted by molar-refractivity contribution is -0.129. The highest BCUT2D eigenvalue weighted by atomic mass is 35.5. The van der Waals surface area contributed by atoms with E-state index in [0.717, 1.165) is 0 Å². The van der Waals surface area contributed by atoms with Crippen LogP contribution >= 0.6 is 11.6 Å². The van der Waals surface area contributed by atoms with Gasteiger partial charge in [-0.3, -0.25) is 9.59 Å². The summed E-state index contributed by atoms with van der Waals surface area (Å²) in [6.45, 7) is 5.38. The average Bonchev–Trinajstić information content (AvgIpc) is 2.12. The predicted molar refractivity (Wildman–Crippen MR) is 56.2 cm³/mol. The number of halogens is 1. The SMILES string of the molecule is CNC(=O)C(C)(C)CNC(=O)C(C)Cl. The fourth-order valence-corrected chi connectivity index (χ4v) is 0.945. The Morgan fingerprint density at radius 2 is 1.93 bits per heavy atom. The number of amides is 2. The fourth-order valence-electron chi connectivity index (χ4n) is 0.867. The summed E-state index contributed by atoms with van der Waals surface area (Å²) in [5.74, 6) is -0.372. The molecule has 0 aromatic carbocycles. The third-order valence-electron chi connectivity index (χ3n) is 1.91. The molecule has 0 aliphatic rings. The molecule has 2 N–H and O–H groups in total. The molecule has 0 aliphatic heterocycles. The minimum atomic E-state index is -0.615. The van der Waals surface area contributed by atoms with Crippen LogP contribution in [0.1, 0.15) is 20.8 Å². The maximum atomic E-state index is 11.3. The molecule has 0 aliphatic carbocycles. The highest BCUT2D eigenvalue weighted by Crippen LogP contribution is 2.13. The molecule has 1 unspecified atom stereocenters. The molecule has 0 radical (unpaired) electrons. The molecular formula is C9H17ClN2O2. The second kappa shape index (κ2) is 5.20. The van der Waals surface area contributed by atoms with Gasteiger partial charge in [-0.05, 0) is 20.8 Å². The zero-order chi connectivity index (χ0) is 11.4. The lowest BCUT2D eigenvalue weighted by Gasteiger charge is -2.23. The van der Waals surface area contributed by atoms with Crippen LogP contribution in [-0.2, 0) is 9.59 Å². The van der Waals surface area contributed by atoms with Crippen molar-refractivity contribution in [3.63, 3.8) is 0 Å². The number of alkyl halides is 1. The van der Waals surface area contributed by atoms with Gasteiger partial charge in [-0.1, -0.05) is 0 Å². The number of nitrogens with one attached hydrogen (secondary N) is 2. The first-order chi connectivity index (χ1) is 6.31. The molecule has 4 nitrogen and oxygen atoms in total. The standard InChI is InChI=1S/C9H17ClN2O2/c1-6(10)7(13)12-5-9(2,3)8(14)11-4/h6H,5H2,1-4H3,(H,11,14)(H,12,13). The Balaban J connectivity index is 4.12. The molecule has 1 atom stereocenters. The van der Waals surface area contributed by atoms with Gasteiger partial charge in [-0.2, -0.15) is 0 Å². The molecular weight excluding hydrogens is 204 g/mol. The van der Waals surface area contributed by atoms with Crippen molar-refractivity contribution in [1.29, 1.82) is 0 Å². The Morgan fingerprint density at radius 3 is 2.29 bits per heavy atom. The van der Waals surface area contributed by atoms with E-state index in [1.165, 1.54) is 0 Å². The Kier molecular flexibility index (Phi) is 4.91. The van der Waals surface area contributed by atoms with Crippen LogP contribution < -0.4 is 10.6 Å². The van der Waals surface area contributed by atoms with Crippen molar-refractivity contribution in [1.82, 2.24) is 10.6 Å². The van der Waals surface area contributed by atoms with Crippen molar-refractivity contribution in [3.8, 4) is 0 Å². The van der Waals surface area contributed by atoms with E-state index in [-0.39, 0.29) is 18.4 Å². The number of hydrogen-bond donors (Lipinski definition) is 2. The number of rotatable bonds is 4. The first kappa shape index (κ1) is 13.2. The molecule has 2 amide bonds. The van der Waals surface area contributed by atoms with Gasteiger partial charge in [0.2, 0.25) is 11.8 Å². The van der Waals surface area contributed by atoms with Crippen LogP contribution in [0, 0.1) is 5.41 Å². The van der Waals surface area contributed by atoms with Gasteiger partial charge in [0.1, 0.15) is 5.38 Å². The summed E-state index contributed by atoms with van der Waals surface area (Å²) in [6, 6.07) is 0. The maximum absolute atomic E-state index is 11.3. The molecule has 0 rings (SSSR count). The van der Waals surface area contributed by atoms with E-state index in [1.54, 1.807) is 27.8 Å². The van der Waals surface area contributed by atoms with Crippen molar-refractivity contribution in [3.05, 3.63) is 0 Å². The Labute approximate surface area is 89.4 Å². The monoisotopic (exact) mass is 220 g/mol. The van der Waals surface area contributed by atoms with Gasteiger partial charge in [0.25, 0.3) is 0 Å². The van der Waals surface area contributed by atoms with E-state index in [0.29, 0.717) is 0 Å². The molecule has 0 aromatic heterocycles. The first-order valence-electron chi connectivity index (χ1n) is 4.45. The second-order valence-corrected chi connectivity index (χ2v) is 4.45.